The summed E-state index contributed by atoms with van der Waals surface area (Å²) in [5.41, 5.74) is 24.4. The Morgan fingerprint density at radius 1 is 0.355 bits per heavy atom. The van der Waals surface area contributed by atoms with Crippen LogP contribution in [0.2, 0.25) is 5.02 Å². The second-order valence-electron chi connectivity index (χ2n) is 36.1. The average Bonchev–Trinajstić information content (AvgIpc) is 1.62. The molecule has 13 aromatic heterocycles. The van der Waals surface area contributed by atoms with E-state index >= 15 is 4.39 Å². The van der Waals surface area contributed by atoms with Crippen LogP contribution in [0.5, 0.6) is 0 Å². The standard InChI is InChI=1S/C24H17ClFN3.2C23H21F2N3.C22H20F2N4.C20H16FN7/c25-20-13-17(9-10-21(20)26)23-24(19-11-12-27-22-8-4-7-18(19)22)29(15-28-23)14-16-5-2-1-3-6-16;24-16-11-9-15(10-12-16)22-23(28(14-27-22)17-5-2-1-3-6-17)21-18-7-4-8-20(18)26-13-19(21)25;24-16-8-6-15(7-9-16)22-23(28(14-27-22)17-4-2-1-3-5-17)18-12-13-26-20-11-10-19(25)21(18)20;23-18-7-6-14(12-19(18)24)20-21(16-8-10-25-22-17(16)9-11-26-22)28(13-27-20)15-4-2-1-3-5-15;1-27-11-24-17(26-27)10-28-12-25-18(13-2-4-14(21)5-3-13)19(28)15-6-8-22-20-16(15)7-9-23-20/h1-7,9-13,15H,8,14H2;4,7,9-14,17H,1-3,5-6,8H2;6-10,12-14,17H,1-5,11H2;6-13,15H,1-5H2,(H,25,26);2-9,11-12H,10H2,1H3,(H,22,23). The Labute approximate surface area is 812 Å². The van der Waals surface area contributed by atoms with Gasteiger partial charge in [0, 0.05) is 171 Å². The van der Waals surface area contributed by atoms with Gasteiger partial charge in [0.1, 0.15) is 46.7 Å². The molecule has 0 aliphatic heterocycles. The van der Waals surface area contributed by atoms with Crippen LogP contribution < -0.4 is 0 Å². The van der Waals surface area contributed by atoms with Gasteiger partial charge < -0.3 is 32.8 Å². The van der Waals surface area contributed by atoms with E-state index in [0.717, 1.165) is 191 Å². The highest BCUT2D eigenvalue weighted by atomic mass is 35.5. The predicted octanol–water partition coefficient (Wildman–Crippen LogP) is 27.4. The quantitative estimate of drug-likeness (QED) is 0.0814. The van der Waals surface area contributed by atoms with E-state index in [1.807, 2.05) is 122 Å². The Bertz CT molecular complexity index is 7860. The summed E-state index contributed by atoms with van der Waals surface area (Å²) in [6, 6.07) is 50.7. The van der Waals surface area contributed by atoms with Gasteiger partial charge in [0.25, 0.3) is 0 Å². The lowest BCUT2D eigenvalue weighted by Gasteiger charge is -2.26. The van der Waals surface area contributed by atoms with Crippen LogP contribution in [-0.2, 0) is 39.4 Å². The number of nitrogens with zero attached hydrogens (tertiary/aromatic N) is 18. The molecule has 2 N–H and O–H groups in total. The molecule has 0 saturated heterocycles. The summed E-state index contributed by atoms with van der Waals surface area (Å²) in [4.78, 5) is 55.9. The molecule has 0 radical (unpaired) electrons. The first-order chi connectivity index (χ1) is 69.1. The van der Waals surface area contributed by atoms with E-state index in [2.05, 4.69) is 102 Å². The Kier molecular flexibility index (Phi) is 26.5. The lowest BCUT2D eigenvalue weighted by atomic mass is 9.93. The van der Waals surface area contributed by atoms with Crippen LogP contribution in [0, 0.1) is 40.7 Å². The Balaban J connectivity index is 0.000000104. The van der Waals surface area contributed by atoms with E-state index in [1.54, 1.807) is 96.6 Å². The Hall–Kier alpha value is -15.7. The summed E-state index contributed by atoms with van der Waals surface area (Å²) in [6.45, 7) is 1.15. The molecule has 6 aromatic carbocycles. The number of pyridine rings is 5. The molecule has 20 nitrogen and oxygen atoms in total. The lowest BCUT2D eigenvalue weighted by Crippen LogP contribution is -2.14. The van der Waals surface area contributed by atoms with Crippen molar-refractivity contribution in [1.82, 2.24) is 97.4 Å². The fourth-order valence-electron chi connectivity index (χ4n) is 20.4. The average molecular weight is 1910 g/mol. The zero-order valence-corrected chi connectivity index (χ0v) is 77.7. The summed E-state index contributed by atoms with van der Waals surface area (Å²) >= 11 is 6.06. The molecule has 6 aliphatic rings. The van der Waals surface area contributed by atoms with Gasteiger partial charge in [-0.15, -0.1) is 0 Å². The van der Waals surface area contributed by atoms with Crippen LogP contribution in [-0.4, -0.2) is 97.4 Å². The van der Waals surface area contributed by atoms with E-state index < -0.39 is 17.5 Å². The van der Waals surface area contributed by atoms with Gasteiger partial charge >= 0.3 is 0 Å². The van der Waals surface area contributed by atoms with Gasteiger partial charge in [-0.2, -0.15) is 5.10 Å². The number of H-pyrrole nitrogens is 2. The maximum Gasteiger partial charge on any atom is 0.170 e. The van der Waals surface area contributed by atoms with Gasteiger partial charge in [-0.05, 0) is 196 Å². The number of hydrogen-bond acceptors (Lipinski definition) is 12. The van der Waals surface area contributed by atoms with Crippen LogP contribution in [0.4, 0.5) is 35.1 Å². The molecule has 25 rings (SSSR count). The van der Waals surface area contributed by atoms with Crippen molar-refractivity contribution in [3.05, 3.63) is 366 Å². The van der Waals surface area contributed by atoms with Crippen molar-refractivity contribution in [2.24, 2.45) is 7.05 Å². The summed E-state index contributed by atoms with van der Waals surface area (Å²) < 4.78 is 124. The topological polar surface area (TPSA) is 216 Å². The highest BCUT2D eigenvalue weighted by Crippen LogP contribution is 2.48. The molecule has 19 aromatic rings. The third-order valence-electron chi connectivity index (χ3n) is 27.2. The first-order valence-corrected chi connectivity index (χ1v) is 48.0. The number of aryl methyl sites for hydroxylation is 1. The maximum absolute atomic E-state index is 15.1. The van der Waals surface area contributed by atoms with Crippen molar-refractivity contribution < 1.29 is 35.1 Å². The van der Waals surface area contributed by atoms with Gasteiger partial charge in [-0.1, -0.05) is 124 Å². The molecule has 6 aliphatic carbocycles. The molecule has 706 valence electrons. The zero-order chi connectivity index (χ0) is 96.1. The van der Waals surface area contributed by atoms with Gasteiger partial charge in [0.2, 0.25) is 0 Å². The molecule has 0 bridgehead atoms. The molecule has 3 fully saturated rings. The van der Waals surface area contributed by atoms with Crippen molar-refractivity contribution in [1.29, 1.82) is 0 Å². The first-order valence-electron chi connectivity index (χ1n) is 47.6. The monoisotopic (exact) mass is 1910 g/mol. The number of hydrogen-bond donors (Lipinski definition) is 2. The number of fused-ring (bicyclic) bond motifs is 5. The number of aromatic amines is 2. The number of halogens is 9. The molecule has 3 saturated carbocycles. The van der Waals surface area contributed by atoms with Crippen LogP contribution in [0.15, 0.2) is 275 Å². The molecule has 0 unspecified atom stereocenters. The second-order valence-corrected chi connectivity index (χ2v) is 36.5. The molecule has 29 heteroatoms. The fourth-order valence-corrected chi connectivity index (χ4v) is 20.6. The smallest absolute Gasteiger partial charge is 0.170 e. The molecule has 141 heavy (non-hydrogen) atoms. The maximum atomic E-state index is 15.1. The minimum absolute atomic E-state index is 0.0888. The minimum Gasteiger partial charge on any atom is -0.346 e. The molecular formula is C112H95ClF8N20. The first kappa shape index (κ1) is 91.7. The van der Waals surface area contributed by atoms with Crippen molar-refractivity contribution in [3.8, 4) is 113 Å². The van der Waals surface area contributed by atoms with Gasteiger partial charge in [-0.25, -0.2) is 75.0 Å². The highest BCUT2D eigenvalue weighted by molar-refractivity contribution is 6.31. The molecule has 13 heterocycles. The van der Waals surface area contributed by atoms with Gasteiger partial charge in [0.15, 0.2) is 23.3 Å². The normalized spacial score (nSPS) is 14.5. The van der Waals surface area contributed by atoms with Gasteiger partial charge in [-0.3, -0.25) is 19.6 Å². The number of allylic oxidation sites excluding steroid dienone is 3. The van der Waals surface area contributed by atoms with E-state index in [4.69, 9.17) is 21.6 Å². The van der Waals surface area contributed by atoms with Crippen molar-refractivity contribution in [3.63, 3.8) is 0 Å². The van der Waals surface area contributed by atoms with Crippen LogP contribution in [0.1, 0.15) is 160 Å². The van der Waals surface area contributed by atoms with E-state index in [0.29, 0.717) is 78.0 Å². The van der Waals surface area contributed by atoms with Crippen LogP contribution in [0.3, 0.4) is 0 Å². The summed E-state index contributed by atoms with van der Waals surface area (Å²) in [5, 5.41) is 6.44. The molecule has 0 spiro atoms. The molecular weight excluding hydrogens is 1810 g/mol. The summed E-state index contributed by atoms with van der Waals surface area (Å²) in [6.07, 6.45) is 52.2. The molecule has 0 atom stereocenters. The largest absolute Gasteiger partial charge is 0.346 e. The predicted molar refractivity (Wildman–Crippen MR) is 533 cm³/mol. The summed E-state index contributed by atoms with van der Waals surface area (Å²) in [5.74, 6) is -2.89. The SMILES string of the molecule is Cn1cnc(Cn2cnc(-c3ccc(F)cc3)c2-c2ccnc3[nH]ccc23)n1.FC1=CCc2nccc(-c3c(-c4ccc(F)cc4)ncn3C3CCCCC3)c21.Fc1ccc(-c2ncn(C3CCCCC3)c2-c2c(F)cnc3c2C=CC3)cc1.Fc1ccc(-c2ncn(C3CCCCC3)c2-c2ccnc3[nH]ccc23)cc1F.Fc1ccc(-c2ncn(Cc3ccccc3)c2-c2ccnc3c2C=CC3)cc1Cl. The number of benzene rings is 6. The molecule has 0 amide bonds. The van der Waals surface area contributed by atoms with Crippen LogP contribution in [0.25, 0.3) is 153 Å². The van der Waals surface area contributed by atoms with Crippen molar-refractivity contribution >= 4 is 51.6 Å². The zero-order valence-electron chi connectivity index (χ0n) is 77.0. The second kappa shape index (κ2) is 40.8. The van der Waals surface area contributed by atoms with E-state index in [1.165, 1.54) is 118 Å². The number of rotatable bonds is 17. The Morgan fingerprint density at radius 2 is 0.801 bits per heavy atom. The van der Waals surface area contributed by atoms with Crippen molar-refractivity contribution in [2.75, 3.05) is 0 Å². The van der Waals surface area contributed by atoms with E-state index in [9.17, 15) is 30.7 Å². The fraction of sp³-hybridized carbons (Fsp3) is 0.214. The number of imidazole rings is 5. The lowest BCUT2D eigenvalue weighted by molar-refractivity contribution is 0.355. The van der Waals surface area contributed by atoms with Crippen LogP contribution >= 0.6 is 11.6 Å². The Morgan fingerprint density at radius 3 is 1.35 bits per heavy atom. The third kappa shape index (κ3) is 19.1. The highest BCUT2D eigenvalue weighted by Gasteiger charge is 2.33. The third-order valence-corrected chi connectivity index (χ3v) is 27.5. The van der Waals surface area contributed by atoms with Gasteiger partial charge in [0.05, 0.1) is 123 Å². The number of aromatic nitrogens is 20. The van der Waals surface area contributed by atoms with E-state index in [-0.39, 0.29) is 34.1 Å². The summed E-state index contributed by atoms with van der Waals surface area (Å²) in [7, 11) is 1.83. The van der Waals surface area contributed by atoms with Crippen molar-refractivity contribution in [2.45, 2.75) is 147 Å². The number of nitrogens with one attached hydrogen (secondary N) is 2. The minimum atomic E-state index is -0.864.